The molecule has 0 spiro atoms. The van der Waals surface area contributed by atoms with Crippen molar-refractivity contribution < 1.29 is 9.21 Å². The zero-order valence-electron chi connectivity index (χ0n) is 16.3. The van der Waals surface area contributed by atoms with E-state index in [1.807, 2.05) is 60.7 Å². The molecule has 1 aromatic heterocycles. The summed E-state index contributed by atoms with van der Waals surface area (Å²) in [4.78, 5) is 13.0. The molecule has 31 heavy (non-hydrogen) atoms. The third-order valence-corrected chi connectivity index (χ3v) is 5.27. The number of hydrazone groups is 1. The molecule has 0 atom stereocenters. The van der Waals surface area contributed by atoms with Gasteiger partial charge in [-0.1, -0.05) is 83.9 Å². The summed E-state index contributed by atoms with van der Waals surface area (Å²) in [5, 5.41) is 5.13. The van der Waals surface area contributed by atoms with E-state index >= 15 is 0 Å². The molecule has 0 aliphatic rings. The van der Waals surface area contributed by atoms with Gasteiger partial charge in [-0.3, -0.25) is 4.79 Å². The maximum absolute atomic E-state index is 13.0. The smallest absolute Gasteiger partial charge is 0.252 e. The minimum absolute atomic E-state index is 0.235. The highest BCUT2D eigenvalue weighted by molar-refractivity contribution is 6.36. The van der Waals surface area contributed by atoms with Crippen molar-refractivity contribution in [1.29, 1.82) is 0 Å². The van der Waals surface area contributed by atoms with Crippen molar-refractivity contribution >= 4 is 35.3 Å². The van der Waals surface area contributed by atoms with Crippen LogP contribution >= 0.6 is 23.2 Å². The molecule has 0 fully saturated rings. The lowest BCUT2D eigenvalue weighted by Crippen LogP contribution is -2.26. The first kappa shape index (κ1) is 20.9. The predicted molar refractivity (Wildman–Crippen MR) is 125 cm³/mol. The van der Waals surface area contributed by atoms with Gasteiger partial charge in [0.05, 0.1) is 17.2 Å². The molecular weight excluding hydrogens is 431 g/mol. The van der Waals surface area contributed by atoms with Crippen molar-refractivity contribution in [3.05, 3.63) is 118 Å². The standard InChI is InChI=1S/C25H18Cl2N2O2/c26-19-11-13-21(22(27)15-19)23-14-12-20(31-23)16-28-29-25(30)24(17-7-3-1-4-8-17)18-9-5-2-6-10-18/h1-16,24H,(H,29,30)/b28-16-. The van der Waals surface area contributed by atoms with Gasteiger partial charge in [0, 0.05) is 10.6 Å². The van der Waals surface area contributed by atoms with Crippen LogP contribution in [0.4, 0.5) is 0 Å². The van der Waals surface area contributed by atoms with E-state index in [0.717, 1.165) is 16.7 Å². The largest absolute Gasteiger partial charge is 0.455 e. The summed E-state index contributed by atoms with van der Waals surface area (Å²) in [5.41, 5.74) is 5.12. The Kier molecular flexibility index (Phi) is 6.51. The molecular formula is C25H18Cl2N2O2. The molecule has 4 nitrogen and oxygen atoms in total. The van der Waals surface area contributed by atoms with Gasteiger partial charge in [0.25, 0.3) is 5.91 Å². The SMILES string of the molecule is O=C(N/N=C\c1ccc(-c2ccc(Cl)cc2Cl)o1)C(c1ccccc1)c1ccccc1. The van der Waals surface area contributed by atoms with E-state index in [0.29, 0.717) is 21.6 Å². The van der Waals surface area contributed by atoms with Crippen LogP contribution in [0.1, 0.15) is 22.8 Å². The van der Waals surface area contributed by atoms with Gasteiger partial charge < -0.3 is 4.42 Å². The van der Waals surface area contributed by atoms with Crippen molar-refractivity contribution in [2.24, 2.45) is 5.10 Å². The van der Waals surface area contributed by atoms with Crippen LogP contribution in [0.2, 0.25) is 10.0 Å². The highest BCUT2D eigenvalue weighted by atomic mass is 35.5. The molecule has 1 N–H and O–H groups in total. The highest BCUT2D eigenvalue weighted by Crippen LogP contribution is 2.31. The average Bonchev–Trinajstić information content (AvgIpc) is 3.24. The first-order valence-corrected chi connectivity index (χ1v) is 10.4. The third-order valence-electron chi connectivity index (χ3n) is 4.72. The number of carbonyl (C=O) groups excluding carboxylic acids is 1. The van der Waals surface area contributed by atoms with Gasteiger partial charge in [-0.2, -0.15) is 5.10 Å². The highest BCUT2D eigenvalue weighted by Gasteiger charge is 2.22. The molecule has 0 unspecified atom stereocenters. The molecule has 4 rings (SSSR count). The number of carbonyl (C=O) groups is 1. The Hall–Kier alpha value is -3.34. The molecule has 3 aromatic carbocycles. The van der Waals surface area contributed by atoms with Crippen LogP contribution in [-0.4, -0.2) is 12.1 Å². The van der Waals surface area contributed by atoms with Crippen LogP contribution in [0.15, 0.2) is 101 Å². The summed E-state index contributed by atoms with van der Waals surface area (Å²) < 4.78 is 5.77. The van der Waals surface area contributed by atoms with E-state index in [9.17, 15) is 4.79 Å². The summed E-state index contributed by atoms with van der Waals surface area (Å²) in [5.74, 6) is 0.360. The van der Waals surface area contributed by atoms with Crippen LogP contribution < -0.4 is 5.43 Å². The summed E-state index contributed by atoms with van der Waals surface area (Å²) >= 11 is 12.2. The maximum atomic E-state index is 13.0. The third kappa shape index (κ3) is 5.05. The summed E-state index contributed by atoms with van der Waals surface area (Å²) in [6.07, 6.45) is 1.46. The lowest BCUT2D eigenvalue weighted by Gasteiger charge is -2.16. The molecule has 1 heterocycles. The first-order valence-electron chi connectivity index (χ1n) is 9.60. The maximum Gasteiger partial charge on any atom is 0.252 e. The fourth-order valence-electron chi connectivity index (χ4n) is 3.27. The number of amides is 1. The summed E-state index contributed by atoms with van der Waals surface area (Å²) in [7, 11) is 0. The fraction of sp³-hybridized carbons (Fsp3) is 0.0400. The van der Waals surface area contributed by atoms with Gasteiger partial charge >= 0.3 is 0 Å². The quantitative estimate of drug-likeness (QED) is 0.269. The average molecular weight is 449 g/mol. The Morgan fingerprint density at radius 1 is 0.871 bits per heavy atom. The number of hydrogen-bond acceptors (Lipinski definition) is 3. The minimum atomic E-state index is -0.473. The molecule has 0 aliphatic carbocycles. The zero-order valence-corrected chi connectivity index (χ0v) is 17.8. The molecule has 0 bridgehead atoms. The molecule has 6 heteroatoms. The van der Waals surface area contributed by atoms with E-state index in [4.69, 9.17) is 27.6 Å². The Labute approximate surface area is 190 Å². The minimum Gasteiger partial charge on any atom is -0.455 e. The van der Waals surface area contributed by atoms with E-state index in [-0.39, 0.29) is 5.91 Å². The Morgan fingerprint density at radius 2 is 1.52 bits per heavy atom. The predicted octanol–water partition coefficient (Wildman–Crippen LogP) is 6.54. The number of furan rings is 1. The van der Waals surface area contributed by atoms with Gasteiger partial charge in [-0.05, 0) is 41.5 Å². The molecule has 0 saturated carbocycles. The Balaban J connectivity index is 1.50. The van der Waals surface area contributed by atoms with Crippen LogP contribution in [0.3, 0.4) is 0 Å². The normalized spacial score (nSPS) is 11.2. The second-order valence-corrected chi connectivity index (χ2v) is 7.66. The summed E-state index contributed by atoms with van der Waals surface area (Å²) in [6, 6.07) is 27.9. The molecule has 0 aliphatic heterocycles. The number of benzene rings is 3. The fourth-order valence-corrected chi connectivity index (χ4v) is 3.77. The number of nitrogens with zero attached hydrogens (tertiary/aromatic N) is 1. The van der Waals surface area contributed by atoms with Crippen LogP contribution in [0.5, 0.6) is 0 Å². The van der Waals surface area contributed by atoms with Gasteiger partial charge in [0.15, 0.2) is 0 Å². The molecule has 1 amide bonds. The number of hydrogen-bond donors (Lipinski definition) is 1. The van der Waals surface area contributed by atoms with Crippen LogP contribution in [0, 0.1) is 0 Å². The van der Waals surface area contributed by atoms with Crippen molar-refractivity contribution in [1.82, 2.24) is 5.43 Å². The topological polar surface area (TPSA) is 54.6 Å². The Morgan fingerprint density at radius 3 is 2.13 bits per heavy atom. The van der Waals surface area contributed by atoms with E-state index in [2.05, 4.69) is 10.5 Å². The first-order chi connectivity index (χ1) is 15.1. The molecule has 154 valence electrons. The van der Waals surface area contributed by atoms with Gasteiger partial charge in [0.1, 0.15) is 11.5 Å². The van der Waals surface area contributed by atoms with Crippen LogP contribution in [-0.2, 0) is 4.79 Å². The van der Waals surface area contributed by atoms with Gasteiger partial charge in [-0.15, -0.1) is 0 Å². The second kappa shape index (κ2) is 9.65. The molecule has 0 saturated heterocycles. The molecule has 0 radical (unpaired) electrons. The van der Waals surface area contributed by atoms with Crippen molar-refractivity contribution in [2.45, 2.75) is 5.92 Å². The number of nitrogens with one attached hydrogen (secondary N) is 1. The summed E-state index contributed by atoms with van der Waals surface area (Å²) in [6.45, 7) is 0. The van der Waals surface area contributed by atoms with Gasteiger partial charge in [-0.25, -0.2) is 5.43 Å². The lowest BCUT2D eigenvalue weighted by molar-refractivity contribution is -0.121. The second-order valence-electron chi connectivity index (χ2n) is 6.81. The van der Waals surface area contributed by atoms with E-state index in [1.54, 1.807) is 30.3 Å². The number of rotatable bonds is 6. The Bertz CT molecular complexity index is 1170. The molecule has 4 aromatic rings. The lowest BCUT2D eigenvalue weighted by atomic mass is 9.91. The van der Waals surface area contributed by atoms with E-state index in [1.165, 1.54) is 6.21 Å². The van der Waals surface area contributed by atoms with Crippen LogP contribution in [0.25, 0.3) is 11.3 Å². The van der Waals surface area contributed by atoms with Gasteiger partial charge in [0.2, 0.25) is 0 Å². The van der Waals surface area contributed by atoms with Crippen molar-refractivity contribution in [3.63, 3.8) is 0 Å². The van der Waals surface area contributed by atoms with E-state index < -0.39 is 5.92 Å². The monoisotopic (exact) mass is 448 g/mol. The zero-order chi connectivity index (χ0) is 21.6. The van der Waals surface area contributed by atoms with Crippen molar-refractivity contribution in [3.8, 4) is 11.3 Å². The number of halogens is 2. The van der Waals surface area contributed by atoms with Crippen molar-refractivity contribution in [2.75, 3.05) is 0 Å².